The van der Waals surface area contributed by atoms with Crippen LogP contribution in [0, 0.1) is 29.1 Å². The van der Waals surface area contributed by atoms with Crippen molar-refractivity contribution in [2.75, 3.05) is 0 Å². The lowest BCUT2D eigenvalue weighted by molar-refractivity contribution is -0.0132. The Morgan fingerprint density at radius 3 is 2.42 bits per heavy atom. The fourth-order valence-electron chi connectivity index (χ4n) is 3.89. The highest BCUT2D eigenvalue weighted by Gasteiger charge is 2.57. The average molecular weight is 166 g/mol. The lowest BCUT2D eigenvalue weighted by Crippen LogP contribution is -2.43. The highest BCUT2D eigenvalue weighted by atomic mass is 14.6. The van der Waals surface area contributed by atoms with E-state index >= 15 is 0 Å². The third-order valence-corrected chi connectivity index (χ3v) is 5.18. The van der Waals surface area contributed by atoms with Crippen LogP contribution in [0.2, 0.25) is 0 Å². The Hall–Kier alpha value is 0. The Morgan fingerprint density at radius 1 is 1.33 bits per heavy atom. The van der Waals surface area contributed by atoms with Crippen molar-refractivity contribution in [1.29, 1.82) is 0 Å². The van der Waals surface area contributed by atoms with Crippen LogP contribution < -0.4 is 0 Å². The van der Waals surface area contributed by atoms with Crippen LogP contribution in [0.3, 0.4) is 0 Å². The van der Waals surface area contributed by atoms with Gasteiger partial charge in [0.25, 0.3) is 0 Å². The van der Waals surface area contributed by atoms with Gasteiger partial charge in [-0.15, -0.1) is 0 Å². The van der Waals surface area contributed by atoms with Crippen molar-refractivity contribution in [2.24, 2.45) is 29.1 Å². The van der Waals surface area contributed by atoms with E-state index < -0.39 is 0 Å². The Bertz CT molecular complexity index is 184. The van der Waals surface area contributed by atoms with Gasteiger partial charge in [-0.3, -0.25) is 0 Å². The van der Waals surface area contributed by atoms with Crippen molar-refractivity contribution < 1.29 is 0 Å². The number of fused-ring (bicyclic) bond motifs is 1. The first kappa shape index (κ1) is 8.59. The lowest BCUT2D eigenvalue weighted by Gasteiger charge is -2.50. The molecule has 12 heavy (non-hydrogen) atoms. The van der Waals surface area contributed by atoms with Crippen LogP contribution >= 0.6 is 0 Å². The molecule has 2 rings (SSSR count). The fourth-order valence-corrected chi connectivity index (χ4v) is 3.89. The molecule has 2 saturated carbocycles. The van der Waals surface area contributed by atoms with Gasteiger partial charge in [0.2, 0.25) is 0 Å². The van der Waals surface area contributed by atoms with Gasteiger partial charge in [0, 0.05) is 0 Å². The van der Waals surface area contributed by atoms with E-state index in [1.165, 1.54) is 19.3 Å². The topological polar surface area (TPSA) is 0 Å². The Labute approximate surface area is 76.7 Å². The van der Waals surface area contributed by atoms with Crippen LogP contribution in [0.15, 0.2) is 0 Å². The van der Waals surface area contributed by atoms with Crippen molar-refractivity contribution >= 4 is 0 Å². The van der Waals surface area contributed by atoms with Crippen molar-refractivity contribution in [3.05, 3.63) is 0 Å². The van der Waals surface area contributed by atoms with E-state index in [1.807, 2.05) is 0 Å². The molecule has 70 valence electrons. The van der Waals surface area contributed by atoms with Gasteiger partial charge in [0.1, 0.15) is 0 Å². The predicted molar refractivity (Wildman–Crippen MR) is 52.9 cm³/mol. The van der Waals surface area contributed by atoms with Gasteiger partial charge in [-0.2, -0.15) is 0 Å². The van der Waals surface area contributed by atoms with E-state index in [4.69, 9.17) is 0 Å². The zero-order valence-corrected chi connectivity index (χ0v) is 8.93. The summed E-state index contributed by atoms with van der Waals surface area (Å²) < 4.78 is 0. The van der Waals surface area contributed by atoms with Crippen LogP contribution in [0.25, 0.3) is 0 Å². The van der Waals surface area contributed by atoms with Crippen LogP contribution in [-0.2, 0) is 0 Å². The summed E-state index contributed by atoms with van der Waals surface area (Å²) in [4.78, 5) is 0. The van der Waals surface area contributed by atoms with Gasteiger partial charge in [-0.05, 0) is 41.9 Å². The summed E-state index contributed by atoms with van der Waals surface area (Å²) in [6.45, 7) is 9.81. The third-order valence-electron chi connectivity index (χ3n) is 5.18. The largest absolute Gasteiger partial charge is 0.0651 e. The Balaban J connectivity index is 2.14. The van der Waals surface area contributed by atoms with Crippen molar-refractivity contribution in [2.45, 2.75) is 47.0 Å². The highest BCUT2D eigenvalue weighted by Crippen LogP contribution is 2.65. The number of hydrogen-bond donors (Lipinski definition) is 0. The third kappa shape index (κ3) is 0.843. The second kappa shape index (κ2) is 2.49. The summed E-state index contributed by atoms with van der Waals surface area (Å²) in [5.74, 6) is 4.11. The molecule has 0 heteroatoms. The van der Waals surface area contributed by atoms with E-state index in [2.05, 4.69) is 27.7 Å². The minimum Gasteiger partial charge on any atom is -0.0651 e. The molecule has 0 amide bonds. The highest BCUT2D eigenvalue weighted by molar-refractivity contribution is 5.06. The summed E-state index contributed by atoms with van der Waals surface area (Å²) in [5.41, 5.74) is 0.736. The minimum atomic E-state index is 0.736. The second-order valence-electron chi connectivity index (χ2n) is 5.48. The van der Waals surface area contributed by atoms with E-state index in [1.54, 1.807) is 0 Å². The van der Waals surface area contributed by atoms with E-state index in [0.717, 1.165) is 29.1 Å². The van der Waals surface area contributed by atoms with Crippen LogP contribution in [0.1, 0.15) is 47.0 Å². The Morgan fingerprint density at radius 2 is 2.00 bits per heavy atom. The summed E-state index contributed by atoms with van der Waals surface area (Å²) in [7, 11) is 0. The van der Waals surface area contributed by atoms with Crippen molar-refractivity contribution in [1.82, 2.24) is 0 Å². The molecule has 0 aromatic rings. The molecule has 0 bridgehead atoms. The molecule has 0 spiro atoms. The first-order valence-electron chi connectivity index (χ1n) is 5.59. The van der Waals surface area contributed by atoms with E-state index in [0.29, 0.717) is 0 Å². The molecule has 5 unspecified atom stereocenters. The molecular formula is C12H22. The zero-order chi connectivity index (χ0) is 8.93. The van der Waals surface area contributed by atoms with Crippen LogP contribution in [0.4, 0.5) is 0 Å². The average Bonchev–Trinajstić information content (AvgIpc) is 2.25. The summed E-state index contributed by atoms with van der Waals surface area (Å²) in [6, 6.07) is 0. The molecule has 2 aliphatic rings. The van der Waals surface area contributed by atoms with Crippen molar-refractivity contribution in [3.63, 3.8) is 0 Å². The van der Waals surface area contributed by atoms with Gasteiger partial charge in [-0.25, -0.2) is 0 Å². The molecule has 0 radical (unpaired) electrons. The second-order valence-corrected chi connectivity index (χ2v) is 5.48. The lowest BCUT2D eigenvalue weighted by atomic mass is 9.55. The molecule has 2 fully saturated rings. The summed E-state index contributed by atoms with van der Waals surface area (Å²) >= 11 is 0. The number of hydrogen-bond acceptors (Lipinski definition) is 0. The van der Waals surface area contributed by atoms with Crippen LogP contribution in [0.5, 0.6) is 0 Å². The summed E-state index contributed by atoms with van der Waals surface area (Å²) in [6.07, 6.45) is 4.42. The molecule has 5 atom stereocenters. The van der Waals surface area contributed by atoms with Gasteiger partial charge in [0.05, 0.1) is 0 Å². The molecule has 0 nitrogen and oxygen atoms in total. The maximum Gasteiger partial charge on any atom is -0.0266 e. The first-order chi connectivity index (χ1) is 5.59. The SMILES string of the molecule is CCC1CC2(C)C(C)CC2C1C. The monoisotopic (exact) mass is 166 g/mol. The number of rotatable bonds is 1. The van der Waals surface area contributed by atoms with Gasteiger partial charge >= 0.3 is 0 Å². The fraction of sp³-hybridized carbons (Fsp3) is 1.00. The van der Waals surface area contributed by atoms with Gasteiger partial charge in [-0.1, -0.05) is 34.1 Å². The van der Waals surface area contributed by atoms with Gasteiger partial charge < -0.3 is 0 Å². The van der Waals surface area contributed by atoms with E-state index in [9.17, 15) is 0 Å². The first-order valence-corrected chi connectivity index (χ1v) is 5.59. The molecule has 0 aliphatic heterocycles. The molecule has 0 heterocycles. The minimum absolute atomic E-state index is 0.736. The normalized spacial score (nSPS) is 58.0. The molecule has 0 aromatic heterocycles. The summed E-state index contributed by atoms with van der Waals surface area (Å²) in [5, 5.41) is 0. The predicted octanol–water partition coefficient (Wildman–Crippen LogP) is 3.71. The van der Waals surface area contributed by atoms with Crippen LogP contribution in [-0.4, -0.2) is 0 Å². The Kier molecular flexibility index (Phi) is 1.79. The molecule has 2 aliphatic carbocycles. The molecule has 0 aromatic carbocycles. The van der Waals surface area contributed by atoms with E-state index in [-0.39, 0.29) is 0 Å². The maximum absolute atomic E-state index is 2.53. The maximum atomic E-state index is 2.53. The smallest absolute Gasteiger partial charge is 0.0266 e. The zero-order valence-electron chi connectivity index (χ0n) is 8.93. The standard InChI is InChI=1S/C12H22/c1-5-10-7-12(4)8(2)6-11(12)9(10)3/h8-11H,5-7H2,1-4H3. The molecular weight excluding hydrogens is 144 g/mol. The molecule has 0 saturated heterocycles. The molecule has 0 N–H and O–H groups in total. The van der Waals surface area contributed by atoms with Crippen molar-refractivity contribution in [3.8, 4) is 0 Å². The van der Waals surface area contributed by atoms with Gasteiger partial charge in [0.15, 0.2) is 0 Å². The quantitative estimate of drug-likeness (QED) is 0.557.